The van der Waals surface area contributed by atoms with E-state index in [-0.39, 0.29) is 6.10 Å². The molecule has 0 amide bonds. The molecule has 0 aromatic carbocycles. The summed E-state index contributed by atoms with van der Waals surface area (Å²) < 4.78 is 1.90. The summed E-state index contributed by atoms with van der Waals surface area (Å²) in [7, 11) is 1.96. The Bertz CT molecular complexity index is 356. The minimum absolute atomic E-state index is 0.247. The van der Waals surface area contributed by atoms with Crippen molar-refractivity contribution >= 4 is 0 Å². The molecule has 1 saturated heterocycles. The van der Waals surface area contributed by atoms with Crippen LogP contribution in [0, 0.1) is 5.92 Å². The van der Waals surface area contributed by atoms with Crippen molar-refractivity contribution in [2.24, 2.45) is 13.0 Å². The van der Waals surface area contributed by atoms with Crippen molar-refractivity contribution < 1.29 is 5.11 Å². The third kappa shape index (κ3) is 3.07. The molecule has 0 bridgehead atoms. The third-order valence-electron chi connectivity index (χ3n) is 3.69. The van der Waals surface area contributed by atoms with Crippen LogP contribution in [0.25, 0.3) is 0 Å². The number of rotatable bonds is 4. The predicted octanol–water partition coefficient (Wildman–Crippen LogP) is 0.885. The van der Waals surface area contributed by atoms with Gasteiger partial charge in [-0.2, -0.15) is 5.10 Å². The standard InChI is InChI=1S/C13H23N3O/c1-3-11-7-12(16(2)15-11)8-13(17)10-5-4-6-14-9-10/h7,10,13-14,17H,3-6,8-9H2,1-2H3. The smallest absolute Gasteiger partial charge is 0.0635 e. The van der Waals surface area contributed by atoms with Crippen LogP contribution in [0.1, 0.15) is 31.2 Å². The Morgan fingerprint density at radius 2 is 2.47 bits per heavy atom. The molecular weight excluding hydrogens is 214 g/mol. The zero-order chi connectivity index (χ0) is 12.3. The van der Waals surface area contributed by atoms with E-state index < -0.39 is 0 Å². The normalized spacial score (nSPS) is 22.6. The molecule has 0 spiro atoms. The van der Waals surface area contributed by atoms with Gasteiger partial charge in [0, 0.05) is 25.7 Å². The quantitative estimate of drug-likeness (QED) is 0.817. The van der Waals surface area contributed by atoms with Crippen molar-refractivity contribution in [3.05, 3.63) is 17.5 Å². The van der Waals surface area contributed by atoms with E-state index in [2.05, 4.69) is 23.4 Å². The van der Waals surface area contributed by atoms with E-state index in [1.165, 1.54) is 6.42 Å². The first kappa shape index (κ1) is 12.6. The van der Waals surface area contributed by atoms with Gasteiger partial charge in [0.15, 0.2) is 0 Å². The molecule has 2 unspecified atom stereocenters. The van der Waals surface area contributed by atoms with Crippen molar-refractivity contribution in [3.63, 3.8) is 0 Å². The van der Waals surface area contributed by atoms with E-state index >= 15 is 0 Å². The van der Waals surface area contributed by atoms with Crippen LogP contribution < -0.4 is 5.32 Å². The first-order valence-electron chi connectivity index (χ1n) is 6.61. The number of hydrogen-bond acceptors (Lipinski definition) is 3. The molecule has 1 aliphatic heterocycles. The van der Waals surface area contributed by atoms with Crippen LogP contribution in [0.2, 0.25) is 0 Å². The molecule has 1 aromatic rings. The van der Waals surface area contributed by atoms with Crippen LogP contribution in [0.15, 0.2) is 6.07 Å². The average Bonchev–Trinajstić information content (AvgIpc) is 2.71. The topological polar surface area (TPSA) is 50.1 Å². The van der Waals surface area contributed by atoms with Crippen molar-refractivity contribution in [2.75, 3.05) is 13.1 Å². The van der Waals surface area contributed by atoms with Crippen LogP contribution in [-0.2, 0) is 19.9 Å². The molecule has 2 heterocycles. The lowest BCUT2D eigenvalue weighted by Crippen LogP contribution is -2.37. The van der Waals surface area contributed by atoms with Crippen molar-refractivity contribution in [2.45, 2.75) is 38.7 Å². The van der Waals surface area contributed by atoms with Crippen LogP contribution >= 0.6 is 0 Å². The summed E-state index contributed by atoms with van der Waals surface area (Å²) in [5.74, 6) is 0.392. The lowest BCUT2D eigenvalue weighted by Gasteiger charge is -2.27. The number of hydrogen-bond donors (Lipinski definition) is 2. The van der Waals surface area contributed by atoms with Gasteiger partial charge in [0.2, 0.25) is 0 Å². The van der Waals surface area contributed by atoms with Gasteiger partial charge in [-0.3, -0.25) is 4.68 Å². The second kappa shape index (κ2) is 5.65. The lowest BCUT2D eigenvalue weighted by atomic mass is 9.91. The van der Waals surface area contributed by atoms with E-state index in [1.807, 2.05) is 11.7 Å². The first-order chi connectivity index (χ1) is 8.20. The van der Waals surface area contributed by atoms with Crippen molar-refractivity contribution in [3.8, 4) is 0 Å². The Morgan fingerprint density at radius 1 is 1.65 bits per heavy atom. The highest BCUT2D eigenvalue weighted by Gasteiger charge is 2.22. The molecular formula is C13H23N3O. The van der Waals surface area contributed by atoms with E-state index in [0.29, 0.717) is 5.92 Å². The van der Waals surface area contributed by atoms with Gasteiger partial charge in [0.25, 0.3) is 0 Å². The molecule has 2 atom stereocenters. The molecule has 1 aromatic heterocycles. The molecule has 2 N–H and O–H groups in total. The number of aliphatic hydroxyl groups is 1. The molecule has 0 aliphatic carbocycles. The molecule has 4 heteroatoms. The zero-order valence-corrected chi connectivity index (χ0v) is 10.8. The highest BCUT2D eigenvalue weighted by Crippen LogP contribution is 2.18. The summed E-state index contributed by atoms with van der Waals surface area (Å²) >= 11 is 0. The first-order valence-corrected chi connectivity index (χ1v) is 6.61. The SMILES string of the molecule is CCc1cc(CC(O)C2CCCNC2)n(C)n1. The monoisotopic (exact) mass is 237 g/mol. The maximum atomic E-state index is 10.3. The number of nitrogens with zero attached hydrogens (tertiary/aromatic N) is 2. The fourth-order valence-electron chi connectivity index (χ4n) is 2.52. The summed E-state index contributed by atoms with van der Waals surface area (Å²) in [5.41, 5.74) is 2.25. The summed E-state index contributed by atoms with van der Waals surface area (Å²) in [6, 6.07) is 2.11. The van der Waals surface area contributed by atoms with Gasteiger partial charge in [-0.05, 0) is 37.8 Å². The van der Waals surface area contributed by atoms with Crippen LogP contribution in [-0.4, -0.2) is 34.1 Å². The average molecular weight is 237 g/mol. The second-order valence-corrected chi connectivity index (χ2v) is 4.98. The number of aryl methyl sites for hydroxylation is 2. The van der Waals surface area contributed by atoms with Crippen LogP contribution in [0.3, 0.4) is 0 Å². The minimum Gasteiger partial charge on any atom is -0.392 e. The largest absolute Gasteiger partial charge is 0.392 e. The fourth-order valence-corrected chi connectivity index (χ4v) is 2.52. The van der Waals surface area contributed by atoms with E-state index in [0.717, 1.165) is 43.7 Å². The zero-order valence-electron chi connectivity index (χ0n) is 10.8. The molecule has 2 rings (SSSR count). The molecule has 0 saturated carbocycles. The van der Waals surface area contributed by atoms with E-state index in [4.69, 9.17) is 0 Å². The summed E-state index contributed by atoms with van der Waals surface area (Å²) in [6.07, 6.45) is 3.73. The van der Waals surface area contributed by atoms with E-state index in [9.17, 15) is 5.11 Å². The van der Waals surface area contributed by atoms with Gasteiger partial charge in [0.1, 0.15) is 0 Å². The maximum Gasteiger partial charge on any atom is 0.0635 e. The number of aromatic nitrogens is 2. The van der Waals surface area contributed by atoms with Crippen molar-refractivity contribution in [1.29, 1.82) is 0 Å². The Balaban J connectivity index is 1.96. The predicted molar refractivity (Wildman–Crippen MR) is 67.9 cm³/mol. The maximum absolute atomic E-state index is 10.3. The molecule has 96 valence electrons. The van der Waals surface area contributed by atoms with E-state index in [1.54, 1.807) is 0 Å². The molecule has 17 heavy (non-hydrogen) atoms. The fraction of sp³-hybridized carbons (Fsp3) is 0.769. The second-order valence-electron chi connectivity index (χ2n) is 4.98. The molecule has 1 fully saturated rings. The minimum atomic E-state index is -0.247. The number of piperidine rings is 1. The van der Waals surface area contributed by atoms with Gasteiger partial charge < -0.3 is 10.4 Å². The van der Waals surface area contributed by atoms with Crippen molar-refractivity contribution in [1.82, 2.24) is 15.1 Å². The lowest BCUT2D eigenvalue weighted by molar-refractivity contribution is 0.0905. The highest BCUT2D eigenvalue weighted by molar-refractivity contribution is 5.11. The highest BCUT2D eigenvalue weighted by atomic mass is 16.3. The Hall–Kier alpha value is -0.870. The van der Waals surface area contributed by atoms with Gasteiger partial charge in [0.05, 0.1) is 11.8 Å². The van der Waals surface area contributed by atoms with Gasteiger partial charge >= 0.3 is 0 Å². The van der Waals surface area contributed by atoms with Gasteiger partial charge in [-0.15, -0.1) is 0 Å². The summed E-state index contributed by atoms with van der Waals surface area (Å²) in [6.45, 7) is 4.14. The molecule has 0 radical (unpaired) electrons. The number of aliphatic hydroxyl groups excluding tert-OH is 1. The Kier molecular flexibility index (Phi) is 4.18. The molecule has 1 aliphatic rings. The van der Waals surface area contributed by atoms with Crippen LogP contribution in [0.4, 0.5) is 0 Å². The van der Waals surface area contributed by atoms with Gasteiger partial charge in [-0.1, -0.05) is 6.92 Å². The Morgan fingerprint density at radius 3 is 3.06 bits per heavy atom. The van der Waals surface area contributed by atoms with Gasteiger partial charge in [-0.25, -0.2) is 0 Å². The van der Waals surface area contributed by atoms with Crippen LogP contribution in [0.5, 0.6) is 0 Å². The molecule has 4 nitrogen and oxygen atoms in total. The Labute approximate surface area is 103 Å². The third-order valence-corrected chi connectivity index (χ3v) is 3.69. The summed E-state index contributed by atoms with van der Waals surface area (Å²) in [5, 5.41) is 18.0. The number of nitrogens with one attached hydrogen (secondary N) is 1. The summed E-state index contributed by atoms with van der Waals surface area (Å²) in [4.78, 5) is 0.